The third kappa shape index (κ3) is 2.13. The zero-order valence-electron chi connectivity index (χ0n) is 11.7. The van der Waals surface area contributed by atoms with Crippen molar-refractivity contribution in [3.8, 4) is 11.5 Å². The van der Waals surface area contributed by atoms with Crippen molar-refractivity contribution >= 4 is 21.7 Å². The molecular formula is C19H12O3. The van der Waals surface area contributed by atoms with Crippen molar-refractivity contribution in [1.82, 2.24) is 0 Å². The summed E-state index contributed by atoms with van der Waals surface area (Å²) in [6.07, 6.45) is 0. The van der Waals surface area contributed by atoms with Gasteiger partial charge in [0.2, 0.25) is 0 Å². The van der Waals surface area contributed by atoms with E-state index in [2.05, 4.69) is 0 Å². The highest BCUT2D eigenvalue weighted by Crippen LogP contribution is 2.28. The van der Waals surface area contributed by atoms with E-state index in [4.69, 9.17) is 9.15 Å². The Hall–Kier alpha value is -3.07. The van der Waals surface area contributed by atoms with Crippen molar-refractivity contribution in [2.24, 2.45) is 0 Å². The van der Waals surface area contributed by atoms with E-state index in [1.54, 1.807) is 18.2 Å². The van der Waals surface area contributed by atoms with Crippen LogP contribution in [0.25, 0.3) is 21.7 Å². The maximum atomic E-state index is 12.1. The van der Waals surface area contributed by atoms with Gasteiger partial charge in [-0.2, -0.15) is 0 Å². The third-order valence-electron chi connectivity index (χ3n) is 3.57. The fourth-order valence-electron chi connectivity index (χ4n) is 2.55. The second-order valence-corrected chi connectivity index (χ2v) is 5.01. The summed E-state index contributed by atoms with van der Waals surface area (Å²) in [5, 5.41) is 2.29. The molecular weight excluding hydrogens is 276 g/mol. The summed E-state index contributed by atoms with van der Waals surface area (Å²) >= 11 is 0. The van der Waals surface area contributed by atoms with Crippen LogP contribution in [0.4, 0.5) is 0 Å². The highest BCUT2D eigenvalue weighted by molar-refractivity contribution is 6.04. The summed E-state index contributed by atoms with van der Waals surface area (Å²) in [7, 11) is 0. The molecule has 106 valence electrons. The Morgan fingerprint density at radius 2 is 1.45 bits per heavy atom. The second kappa shape index (κ2) is 5.04. The lowest BCUT2D eigenvalue weighted by Gasteiger charge is -2.07. The Bertz CT molecular complexity index is 1020. The van der Waals surface area contributed by atoms with Crippen LogP contribution in [0.3, 0.4) is 0 Å². The van der Waals surface area contributed by atoms with Crippen LogP contribution in [0.15, 0.2) is 82.0 Å². The Morgan fingerprint density at radius 1 is 0.682 bits per heavy atom. The van der Waals surface area contributed by atoms with Crippen LogP contribution in [0, 0.1) is 0 Å². The van der Waals surface area contributed by atoms with Gasteiger partial charge in [-0.1, -0.05) is 36.4 Å². The number of hydrogen-bond donors (Lipinski definition) is 0. The monoisotopic (exact) mass is 288 g/mol. The maximum absolute atomic E-state index is 12.1. The second-order valence-electron chi connectivity index (χ2n) is 5.01. The first kappa shape index (κ1) is 12.7. The first-order chi connectivity index (χ1) is 10.8. The van der Waals surface area contributed by atoms with E-state index < -0.39 is 0 Å². The number of hydrogen-bond acceptors (Lipinski definition) is 3. The van der Waals surface area contributed by atoms with Gasteiger partial charge in [0, 0.05) is 10.8 Å². The molecule has 0 aliphatic carbocycles. The highest BCUT2D eigenvalue weighted by atomic mass is 16.5. The van der Waals surface area contributed by atoms with Crippen molar-refractivity contribution in [2.75, 3.05) is 0 Å². The zero-order chi connectivity index (χ0) is 14.9. The standard InChI is InChI=1S/C19H12O3/c20-19-16-11-10-14(21-13-6-2-1-3-7-13)12-17(16)15-8-4-5-9-18(15)22-19/h1-12H. The van der Waals surface area contributed by atoms with Gasteiger partial charge in [-0.05, 0) is 36.4 Å². The van der Waals surface area contributed by atoms with Gasteiger partial charge in [0.05, 0.1) is 5.39 Å². The first-order valence-electron chi connectivity index (χ1n) is 7.00. The predicted octanol–water partition coefficient (Wildman–Crippen LogP) is 4.74. The van der Waals surface area contributed by atoms with Gasteiger partial charge < -0.3 is 9.15 Å². The fourth-order valence-corrected chi connectivity index (χ4v) is 2.55. The summed E-state index contributed by atoms with van der Waals surface area (Å²) in [5.74, 6) is 1.45. The summed E-state index contributed by atoms with van der Waals surface area (Å²) in [4.78, 5) is 12.1. The molecule has 0 saturated carbocycles. The smallest absolute Gasteiger partial charge is 0.344 e. The molecule has 0 saturated heterocycles. The lowest BCUT2D eigenvalue weighted by molar-refractivity contribution is 0.483. The van der Waals surface area contributed by atoms with Gasteiger partial charge in [-0.3, -0.25) is 0 Å². The Kier molecular flexibility index (Phi) is 2.90. The lowest BCUT2D eigenvalue weighted by Crippen LogP contribution is -1.99. The van der Waals surface area contributed by atoms with Gasteiger partial charge in [-0.15, -0.1) is 0 Å². The number of ether oxygens (including phenoxy) is 1. The van der Waals surface area contributed by atoms with E-state index >= 15 is 0 Å². The van der Waals surface area contributed by atoms with Crippen LogP contribution in [-0.4, -0.2) is 0 Å². The largest absolute Gasteiger partial charge is 0.457 e. The average Bonchev–Trinajstić information content (AvgIpc) is 2.56. The molecule has 3 aromatic carbocycles. The minimum Gasteiger partial charge on any atom is -0.457 e. The highest BCUT2D eigenvalue weighted by Gasteiger charge is 2.08. The zero-order valence-corrected chi connectivity index (χ0v) is 11.7. The maximum Gasteiger partial charge on any atom is 0.344 e. The van der Waals surface area contributed by atoms with E-state index in [-0.39, 0.29) is 5.63 Å². The molecule has 1 aromatic heterocycles. The van der Waals surface area contributed by atoms with Crippen molar-refractivity contribution < 1.29 is 9.15 Å². The van der Waals surface area contributed by atoms with E-state index in [1.807, 2.05) is 54.6 Å². The molecule has 3 nitrogen and oxygen atoms in total. The average molecular weight is 288 g/mol. The summed E-state index contributed by atoms with van der Waals surface area (Å²) in [5.41, 5.74) is 0.247. The van der Waals surface area contributed by atoms with E-state index in [9.17, 15) is 4.79 Å². The fraction of sp³-hybridized carbons (Fsp3) is 0. The van der Waals surface area contributed by atoms with Gasteiger partial charge in [-0.25, -0.2) is 4.79 Å². The summed E-state index contributed by atoms with van der Waals surface area (Å²) in [6, 6.07) is 22.5. The molecule has 4 aromatic rings. The quantitative estimate of drug-likeness (QED) is 0.395. The molecule has 0 spiro atoms. The molecule has 0 aliphatic rings. The first-order valence-corrected chi connectivity index (χ1v) is 7.00. The molecule has 0 fully saturated rings. The van der Waals surface area contributed by atoms with Gasteiger partial charge in [0.15, 0.2) is 0 Å². The van der Waals surface area contributed by atoms with Crippen LogP contribution in [0.1, 0.15) is 0 Å². The Morgan fingerprint density at radius 3 is 2.32 bits per heavy atom. The normalized spacial score (nSPS) is 10.9. The minimum atomic E-state index is -0.333. The van der Waals surface area contributed by atoms with E-state index in [1.165, 1.54) is 0 Å². The Balaban J connectivity index is 1.93. The lowest BCUT2D eigenvalue weighted by atomic mass is 10.1. The molecule has 22 heavy (non-hydrogen) atoms. The molecule has 0 aliphatic heterocycles. The van der Waals surface area contributed by atoms with E-state index in [0.717, 1.165) is 16.5 Å². The van der Waals surface area contributed by atoms with Crippen LogP contribution in [-0.2, 0) is 0 Å². The molecule has 1 heterocycles. The molecule has 4 rings (SSSR count). The van der Waals surface area contributed by atoms with Crippen molar-refractivity contribution in [3.05, 3.63) is 83.2 Å². The molecule has 0 amide bonds. The number of benzene rings is 3. The summed E-state index contributed by atoms with van der Waals surface area (Å²) in [6.45, 7) is 0. The van der Waals surface area contributed by atoms with Gasteiger partial charge in [0.1, 0.15) is 17.1 Å². The van der Waals surface area contributed by atoms with Crippen molar-refractivity contribution in [1.29, 1.82) is 0 Å². The molecule has 0 N–H and O–H groups in total. The topological polar surface area (TPSA) is 39.4 Å². The van der Waals surface area contributed by atoms with Crippen molar-refractivity contribution in [2.45, 2.75) is 0 Å². The predicted molar refractivity (Wildman–Crippen MR) is 86.5 cm³/mol. The molecule has 0 unspecified atom stereocenters. The van der Waals surface area contributed by atoms with Crippen molar-refractivity contribution in [3.63, 3.8) is 0 Å². The SMILES string of the molecule is O=c1oc2ccccc2c2cc(Oc3ccccc3)ccc12. The van der Waals surface area contributed by atoms with Gasteiger partial charge >= 0.3 is 5.63 Å². The molecule has 0 atom stereocenters. The van der Waals surface area contributed by atoms with Crippen LogP contribution in [0.2, 0.25) is 0 Å². The third-order valence-corrected chi connectivity index (χ3v) is 3.57. The summed E-state index contributed by atoms with van der Waals surface area (Å²) < 4.78 is 11.2. The minimum absolute atomic E-state index is 0.333. The van der Waals surface area contributed by atoms with E-state index in [0.29, 0.717) is 16.7 Å². The van der Waals surface area contributed by atoms with Gasteiger partial charge in [0.25, 0.3) is 0 Å². The van der Waals surface area contributed by atoms with Crippen LogP contribution < -0.4 is 10.4 Å². The molecule has 0 bridgehead atoms. The Labute approximate surface area is 126 Å². The van der Waals surface area contributed by atoms with Crippen LogP contribution >= 0.6 is 0 Å². The molecule has 0 radical (unpaired) electrons. The number of rotatable bonds is 2. The number of fused-ring (bicyclic) bond motifs is 3. The number of para-hydroxylation sites is 2. The molecule has 3 heteroatoms. The van der Waals surface area contributed by atoms with Crippen LogP contribution in [0.5, 0.6) is 11.5 Å².